The lowest BCUT2D eigenvalue weighted by molar-refractivity contribution is -0.118. The first-order valence-corrected chi connectivity index (χ1v) is 13.0. The molecular formula is C29H28Cl2F2N4O2. The van der Waals surface area contributed by atoms with Crippen LogP contribution < -0.4 is 15.4 Å². The van der Waals surface area contributed by atoms with Crippen LogP contribution in [-0.4, -0.2) is 30.1 Å². The minimum absolute atomic E-state index is 0.0157. The van der Waals surface area contributed by atoms with Crippen LogP contribution in [-0.2, 0) is 10.2 Å². The average molecular weight is 573 g/mol. The Morgan fingerprint density at radius 2 is 1.95 bits per heavy atom. The number of nitrogens with zero attached hydrogens (tertiary/aromatic N) is 2. The molecule has 0 aliphatic carbocycles. The molecule has 1 aliphatic heterocycles. The number of nitrogens with one attached hydrogen (secondary N) is 2. The molecule has 2 N–H and O–H groups in total. The summed E-state index contributed by atoms with van der Waals surface area (Å²) < 4.78 is 36.4. The number of anilines is 1. The molecule has 2 aromatic carbocycles. The summed E-state index contributed by atoms with van der Waals surface area (Å²) in [6, 6.07) is 12.1. The summed E-state index contributed by atoms with van der Waals surface area (Å²) in [5.41, 5.74) is -1.64. The van der Waals surface area contributed by atoms with Crippen LogP contribution in [0.3, 0.4) is 0 Å². The predicted octanol–water partition coefficient (Wildman–Crippen LogP) is 6.64. The molecule has 39 heavy (non-hydrogen) atoms. The van der Waals surface area contributed by atoms with E-state index < -0.39 is 41.0 Å². The van der Waals surface area contributed by atoms with Gasteiger partial charge in [-0.25, -0.2) is 13.8 Å². The lowest BCUT2D eigenvalue weighted by atomic mass is 9.62. The Morgan fingerprint density at radius 1 is 1.21 bits per heavy atom. The molecule has 1 aliphatic rings. The van der Waals surface area contributed by atoms with Gasteiger partial charge in [0.25, 0.3) is 0 Å². The van der Waals surface area contributed by atoms with Gasteiger partial charge in [0.05, 0.1) is 36.1 Å². The van der Waals surface area contributed by atoms with E-state index in [1.54, 1.807) is 18.2 Å². The van der Waals surface area contributed by atoms with Gasteiger partial charge in [0.15, 0.2) is 0 Å². The van der Waals surface area contributed by atoms with Crippen LogP contribution in [0.15, 0.2) is 54.7 Å². The van der Waals surface area contributed by atoms with Crippen molar-refractivity contribution in [3.8, 4) is 11.9 Å². The summed E-state index contributed by atoms with van der Waals surface area (Å²) >= 11 is 12.2. The molecule has 6 nitrogen and oxygen atoms in total. The van der Waals surface area contributed by atoms with Crippen molar-refractivity contribution in [3.63, 3.8) is 0 Å². The van der Waals surface area contributed by atoms with Crippen LogP contribution >= 0.6 is 23.2 Å². The summed E-state index contributed by atoms with van der Waals surface area (Å²) in [5, 5.41) is 16.9. The fourth-order valence-corrected chi connectivity index (χ4v) is 5.69. The third-order valence-electron chi connectivity index (χ3n) is 6.94. The summed E-state index contributed by atoms with van der Waals surface area (Å²) in [6.45, 7) is 5.92. The predicted molar refractivity (Wildman–Crippen MR) is 147 cm³/mol. The maximum absolute atomic E-state index is 15.7. The van der Waals surface area contributed by atoms with Crippen molar-refractivity contribution in [2.75, 3.05) is 12.4 Å². The largest absolute Gasteiger partial charge is 0.481 e. The van der Waals surface area contributed by atoms with E-state index in [1.165, 1.54) is 37.6 Å². The van der Waals surface area contributed by atoms with Crippen LogP contribution in [0.25, 0.3) is 0 Å². The van der Waals surface area contributed by atoms with E-state index >= 15 is 8.78 Å². The quantitative estimate of drug-likeness (QED) is 0.346. The molecule has 1 aromatic heterocycles. The summed E-state index contributed by atoms with van der Waals surface area (Å²) in [4.78, 5) is 17.9. The Hall–Kier alpha value is -3.25. The van der Waals surface area contributed by atoms with Crippen molar-refractivity contribution < 1.29 is 18.3 Å². The van der Waals surface area contributed by atoms with E-state index in [0.717, 1.165) is 6.07 Å². The molecule has 2 heterocycles. The molecular weight excluding hydrogens is 545 g/mol. The first-order valence-electron chi connectivity index (χ1n) is 12.3. The van der Waals surface area contributed by atoms with Gasteiger partial charge in [-0.1, -0.05) is 62.2 Å². The van der Waals surface area contributed by atoms with Gasteiger partial charge in [-0.2, -0.15) is 5.26 Å². The second kappa shape index (κ2) is 11.1. The zero-order valence-electron chi connectivity index (χ0n) is 21.9. The molecule has 1 saturated heterocycles. The molecule has 1 fully saturated rings. The highest BCUT2D eigenvalue weighted by molar-refractivity contribution is 6.31. The Morgan fingerprint density at radius 3 is 2.54 bits per heavy atom. The lowest BCUT2D eigenvalue weighted by Gasteiger charge is -2.37. The van der Waals surface area contributed by atoms with Crippen LogP contribution in [0.4, 0.5) is 14.5 Å². The van der Waals surface area contributed by atoms with Gasteiger partial charge in [-0.05, 0) is 41.7 Å². The van der Waals surface area contributed by atoms with Gasteiger partial charge in [-0.3, -0.25) is 4.79 Å². The SMILES string of the molecule is COc1ccc(NC(=O)[C@@H]2N[C@@H](CC(C)(C)C)[C@](C#N)(c3ccc(Cl)cc3F)C2c2cccc(Cl)c2F)cn1. The number of benzene rings is 2. The Balaban J connectivity index is 1.93. The lowest BCUT2D eigenvalue weighted by Crippen LogP contribution is -2.45. The number of carbonyl (C=O) groups excluding carboxylic acids is 1. The van der Waals surface area contributed by atoms with Crippen LogP contribution in [0.5, 0.6) is 5.88 Å². The molecule has 1 amide bonds. The summed E-state index contributed by atoms with van der Waals surface area (Å²) in [5.74, 6) is -2.84. The molecule has 3 aromatic rings. The van der Waals surface area contributed by atoms with Gasteiger partial charge < -0.3 is 15.4 Å². The highest BCUT2D eigenvalue weighted by Crippen LogP contribution is 2.52. The highest BCUT2D eigenvalue weighted by atomic mass is 35.5. The zero-order chi connectivity index (χ0) is 28.5. The maximum Gasteiger partial charge on any atom is 0.242 e. The van der Waals surface area contributed by atoms with Crippen molar-refractivity contribution in [1.82, 2.24) is 10.3 Å². The molecule has 0 radical (unpaired) electrons. The van der Waals surface area contributed by atoms with Crippen molar-refractivity contribution in [2.24, 2.45) is 5.41 Å². The molecule has 0 bridgehead atoms. The van der Waals surface area contributed by atoms with Crippen LogP contribution in [0.1, 0.15) is 44.2 Å². The Bertz CT molecular complexity index is 1420. The maximum atomic E-state index is 15.7. The fraction of sp³-hybridized carbons (Fsp3) is 0.345. The number of hydrogen-bond donors (Lipinski definition) is 2. The fourth-order valence-electron chi connectivity index (χ4n) is 5.35. The third-order valence-corrected chi connectivity index (χ3v) is 7.47. The van der Waals surface area contributed by atoms with Crippen LogP contribution in [0.2, 0.25) is 10.0 Å². The highest BCUT2D eigenvalue weighted by Gasteiger charge is 2.61. The second-order valence-electron chi connectivity index (χ2n) is 10.8. The van der Waals surface area contributed by atoms with Gasteiger partial charge >= 0.3 is 0 Å². The van der Waals surface area contributed by atoms with Gasteiger partial charge in [-0.15, -0.1) is 0 Å². The minimum atomic E-state index is -1.70. The normalized spacial score (nSPS) is 22.8. The Kier molecular flexibility index (Phi) is 8.17. The summed E-state index contributed by atoms with van der Waals surface area (Å²) in [7, 11) is 1.47. The molecule has 204 valence electrons. The molecule has 1 unspecified atom stereocenters. The molecule has 4 atom stereocenters. The van der Waals surface area contributed by atoms with E-state index in [0.29, 0.717) is 18.0 Å². The van der Waals surface area contributed by atoms with E-state index in [1.807, 2.05) is 20.8 Å². The minimum Gasteiger partial charge on any atom is -0.481 e. The summed E-state index contributed by atoms with van der Waals surface area (Å²) in [6.07, 6.45) is 1.79. The number of carbonyl (C=O) groups is 1. The number of halogens is 4. The van der Waals surface area contributed by atoms with E-state index in [9.17, 15) is 10.1 Å². The monoisotopic (exact) mass is 572 g/mol. The van der Waals surface area contributed by atoms with Crippen LogP contribution in [0, 0.1) is 28.4 Å². The first kappa shape index (κ1) is 28.8. The van der Waals surface area contributed by atoms with Gasteiger partial charge in [0.2, 0.25) is 11.8 Å². The van der Waals surface area contributed by atoms with Crippen molar-refractivity contribution in [3.05, 3.63) is 87.5 Å². The Labute approximate surface area is 236 Å². The number of ether oxygens (including phenoxy) is 1. The number of pyridine rings is 1. The number of aromatic nitrogens is 1. The van der Waals surface area contributed by atoms with E-state index in [-0.39, 0.29) is 26.6 Å². The van der Waals surface area contributed by atoms with E-state index in [2.05, 4.69) is 21.7 Å². The molecule has 4 rings (SSSR count). The number of nitriles is 1. The zero-order valence-corrected chi connectivity index (χ0v) is 23.4. The second-order valence-corrected chi connectivity index (χ2v) is 11.6. The van der Waals surface area contributed by atoms with Gasteiger partial charge in [0.1, 0.15) is 17.0 Å². The number of methoxy groups -OCH3 is 1. The smallest absolute Gasteiger partial charge is 0.242 e. The van der Waals surface area contributed by atoms with Crippen molar-refractivity contribution >= 4 is 34.8 Å². The van der Waals surface area contributed by atoms with E-state index in [4.69, 9.17) is 27.9 Å². The van der Waals surface area contributed by atoms with Gasteiger partial charge in [0, 0.05) is 28.6 Å². The first-order chi connectivity index (χ1) is 18.4. The third kappa shape index (κ3) is 5.58. The molecule has 10 heteroatoms. The topological polar surface area (TPSA) is 87.0 Å². The molecule has 0 saturated carbocycles. The number of rotatable bonds is 6. The standard InChI is InChI=1S/C29H28Cl2F2N4O2/c1-28(2,3)13-22-29(15-34,19-10-8-16(30)12-21(19)32)24(18-6-5-7-20(31)25(18)33)26(37-22)27(38)36-17-9-11-23(39-4)35-14-17/h5-12,14,22,24,26,37H,13H2,1-4H3,(H,36,38)/t22-,24?,26+,29-/m0/s1. The van der Waals surface area contributed by atoms with Crippen molar-refractivity contribution in [2.45, 2.75) is 50.6 Å². The average Bonchev–Trinajstić information content (AvgIpc) is 3.19. The number of amides is 1. The number of hydrogen-bond acceptors (Lipinski definition) is 5. The molecule has 0 spiro atoms. The van der Waals surface area contributed by atoms with Crippen molar-refractivity contribution in [1.29, 1.82) is 5.26 Å².